The number of aromatic amines is 1. The van der Waals surface area contributed by atoms with E-state index in [0.29, 0.717) is 16.4 Å². The molecule has 0 bridgehead atoms. The van der Waals surface area contributed by atoms with Crippen molar-refractivity contribution in [3.8, 4) is 0 Å². The number of hydrogen-bond donors (Lipinski definition) is 1. The third kappa shape index (κ3) is 3.53. The van der Waals surface area contributed by atoms with Gasteiger partial charge in [-0.25, -0.2) is 4.98 Å². The molecule has 0 fully saturated rings. The van der Waals surface area contributed by atoms with Gasteiger partial charge in [0.05, 0.1) is 0 Å². The third-order valence-corrected chi connectivity index (χ3v) is 5.21. The van der Waals surface area contributed by atoms with E-state index in [4.69, 9.17) is 9.15 Å². The highest BCUT2D eigenvalue weighted by atomic mass is 32.2. The minimum Gasteiger partial charge on any atom is -0.454 e. The highest BCUT2D eigenvalue weighted by molar-refractivity contribution is 7.99. The van der Waals surface area contributed by atoms with Crippen molar-refractivity contribution in [1.29, 1.82) is 0 Å². The van der Waals surface area contributed by atoms with Crippen LogP contribution in [-0.2, 0) is 9.53 Å². The Labute approximate surface area is 165 Å². The lowest BCUT2D eigenvalue weighted by Gasteiger charge is -2.12. The summed E-state index contributed by atoms with van der Waals surface area (Å²) < 4.78 is 10.9. The Balaban J connectivity index is 1.41. The van der Waals surface area contributed by atoms with Gasteiger partial charge < -0.3 is 14.1 Å². The molecular formula is C21H18N2O4S. The zero-order valence-corrected chi connectivity index (χ0v) is 16.2. The molecule has 0 aliphatic carbocycles. The van der Waals surface area contributed by atoms with Crippen LogP contribution in [0.4, 0.5) is 0 Å². The number of fused-ring (bicyclic) bond motifs is 2. The van der Waals surface area contributed by atoms with Gasteiger partial charge >= 0.3 is 5.97 Å². The summed E-state index contributed by atoms with van der Waals surface area (Å²) in [5.74, 6) is -0.710. The first kappa shape index (κ1) is 18.3. The number of benzene rings is 2. The Kier molecular flexibility index (Phi) is 4.92. The number of para-hydroxylation sites is 3. The lowest BCUT2D eigenvalue weighted by Crippen LogP contribution is -2.25. The standard InChI is InChI=1S/C21H18N2O4S/c1-12-19(14-7-3-4-8-15(14)22-12)20(25)13(2)26-18(24)11-28-21-23-16-9-5-6-10-17(16)27-21/h3-10,13,22H,11H2,1-2H3/t13-/m1/s1. The van der Waals surface area contributed by atoms with Gasteiger partial charge in [-0.05, 0) is 32.0 Å². The maximum Gasteiger partial charge on any atom is 0.317 e. The van der Waals surface area contributed by atoms with Gasteiger partial charge in [-0.1, -0.05) is 42.1 Å². The summed E-state index contributed by atoms with van der Waals surface area (Å²) >= 11 is 1.14. The first-order chi connectivity index (χ1) is 13.5. The summed E-state index contributed by atoms with van der Waals surface area (Å²) in [5.41, 5.74) is 3.60. The van der Waals surface area contributed by atoms with Gasteiger partial charge in [0.15, 0.2) is 11.7 Å². The first-order valence-corrected chi connectivity index (χ1v) is 9.81. The van der Waals surface area contributed by atoms with Crippen LogP contribution in [0, 0.1) is 6.92 Å². The van der Waals surface area contributed by atoms with Crippen molar-refractivity contribution in [2.45, 2.75) is 25.2 Å². The van der Waals surface area contributed by atoms with Gasteiger partial charge in [0, 0.05) is 22.2 Å². The molecule has 2 aromatic heterocycles. The number of ether oxygens (including phenoxy) is 1. The fraction of sp³-hybridized carbons (Fsp3) is 0.190. The summed E-state index contributed by atoms with van der Waals surface area (Å²) in [4.78, 5) is 32.5. The van der Waals surface area contributed by atoms with E-state index in [2.05, 4.69) is 9.97 Å². The average Bonchev–Trinajstić information content (AvgIpc) is 3.25. The number of rotatable bonds is 6. The number of aromatic nitrogens is 2. The predicted octanol–water partition coefficient (Wildman–Crippen LogP) is 4.52. The molecule has 1 atom stereocenters. The molecule has 0 amide bonds. The Morgan fingerprint density at radius 2 is 1.93 bits per heavy atom. The van der Waals surface area contributed by atoms with Gasteiger partial charge in [0.1, 0.15) is 11.3 Å². The SMILES string of the molecule is Cc1[nH]c2ccccc2c1C(=O)[C@@H](C)OC(=O)CSc1nc2ccccc2o1. The van der Waals surface area contributed by atoms with Crippen molar-refractivity contribution >= 4 is 45.5 Å². The number of nitrogens with zero attached hydrogens (tertiary/aromatic N) is 1. The van der Waals surface area contributed by atoms with E-state index < -0.39 is 12.1 Å². The van der Waals surface area contributed by atoms with Crippen molar-refractivity contribution in [2.24, 2.45) is 0 Å². The smallest absolute Gasteiger partial charge is 0.317 e. The fourth-order valence-electron chi connectivity index (χ4n) is 3.12. The normalized spacial score (nSPS) is 12.4. The minimum atomic E-state index is -0.880. The molecule has 4 aromatic rings. The first-order valence-electron chi connectivity index (χ1n) is 8.82. The molecule has 0 spiro atoms. The van der Waals surface area contributed by atoms with E-state index in [9.17, 15) is 9.59 Å². The number of hydrogen-bond acceptors (Lipinski definition) is 6. The summed E-state index contributed by atoms with van der Waals surface area (Å²) in [5, 5.41) is 1.22. The summed E-state index contributed by atoms with van der Waals surface area (Å²) in [6, 6.07) is 14.9. The van der Waals surface area contributed by atoms with Crippen LogP contribution >= 0.6 is 11.8 Å². The van der Waals surface area contributed by atoms with Crippen molar-refractivity contribution in [3.05, 3.63) is 59.8 Å². The van der Waals surface area contributed by atoms with E-state index in [-0.39, 0.29) is 11.5 Å². The molecule has 1 N–H and O–H groups in total. The second-order valence-corrected chi connectivity index (χ2v) is 7.33. The van der Waals surface area contributed by atoms with Crippen LogP contribution in [0.2, 0.25) is 0 Å². The largest absolute Gasteiger partial charge is 0.454 e. The van der Waals surface area contributed by atoms with Gasteiger partial charge in [-0.15, -0.1) is 0 Å². The number of aryl methyl sites for hydroxylation is 1. The number of oxazole rings is 1. The lowest BCUT2D eigenvalue weighted by atomic mass is 10.0. The maximum atomic E-state index is 12.8. The average molecular weight is 394 g/mol. The second kappa shape index (κ2) is 7.52. The topological polar surface area (TPSA) is 85.2 Å². The number of thioether (sulfide) groups is 1. The van der Waals surface area contributed by atoms with E-state index >= 15 is 0 Å². The van der Waals surface area contributed by atoms with Crippen LogP contribution in [0.1, 0.15) is 23.0 Å². The molecule has 2 aromatic carbocycles. The molecule has 7 heteroatoms. The van der Waals surface area contributed by atoms with Crippen molar-refractivity contribution < 1.29 is 18.7 Å². The fourth-order valence-corrected chi connectivity index (χ4v) is 3.74. The number of H-pyrrole nitrogens is 1. The highest BCUT2D eigenvalue weighted by Crippen LogP contribution is 2.25. The molecule has 0 radical (unpaired) electrons. The van der Waals surface area contributed by atoms with Crippen molar-refractivity contribution in [1.82, 2.24) is 9.97 Å². The number of Topliss-reactive ketones (excluding diaryl/α,β-unsaturated/α-hetero) is 1. The Hall–Kier alpha value is -3.06. The molecule has 0 aliphatic heterocycles. The highest BCUT2D eigenvalue weighted by Gasteiger charge is 2.24. The third-order valence-electron chi connectivity index (χ3n) is 4.41. The maximum absolute atomic E-state index is 12.8. The molecule has 0 saturated heterocycles. The molecular weight excluding hydrogens is 376 g/mol. The van der Waals surface area contributed by atoms with Crippen molar-refractivity contribution in [3.63, 3.8) is 0 Å². The lowest BCUT2D eigenvalue weighted by molar-refractivity contribution is -0.143. The zero-order valence-electron chi connectivity index (χ0n) is 15.4. The molecule has 0 unspecified atom stereocenters. The molecule has 142 valence electrons. The van der Waals surface area contributed by atoms with Crippen LogP contribution < -0.4 is 0 Å². The van der Waals surface area contributed by atoms with E-state index in [1.165, 1.54) is 0 Å². The van der Waals surface area contributed by atoms with E-state index in [1.807, 2.05) is 55.5 Å². The summed E-state index contributed by atoms with van der Waals surface area (Å²) in [7, 11) is 0. The molecule has 4 rings (SSSR count). The number of ketones is 1. The summed E-state index contributed by atoms with van der Waals surface area (Å²) in [6.45, 7) is 3.43. The van der Waals surface area contributed by atoms with Crippen LogP contribution in [-0.4, -0.2) is 33.6 Å². The predicted molar refractivity (Wildman–Crippen MR) is 108 cm³/mol. The second-order valence-electron chi connectivity index (χ2n) is 6.40. The molecule has 28 heavy (non-hydrogen) atoms. The van der Waals surface area contributed by atoms with E-state index in [1.54, 1.807) is 6.92 Å². The molecule has 2 heterocycles. The van der Waals surface area contributed by atoms with Crippen LogP contribution in [0.5, 0.6) is 0 Å². The Morgan fingerprint density at radius 1 is 1.18 bits per heavy atom. The van der Waals surface area contributed by atoms with Gasteiger partial charge in [0.25, 0.3) is 5.22 Å². The summed E-state index contributed by atoms with van der Waals surface area (Å²) in [6.07, 6.45) is -0.880. The van der Waals surface area contributed by atoms with Gasteiger partial charge in [-0.3, -0.25) is 9.59 Å². The van der Waals surface area contributed by atoms with Crippen LogP contribution in [0.15, 0.2) is 58.2 Å². The molecule has 0 saturated carbocycles. The van der Waals surface area contributed by atoms with Crippen LogP contribution in [0.25, 0.3) is 22.0 Å². The van der Waals surface area contributed by atoms with Crippen LogP contribution in [0.3, 0.4) is 0 Å². The Morgan fingerprint density at radius 3 is 2.75 bits per heavy atom. The Bertz CT molecular complexity index is 1140. The molecule has 6 nitrogen and oxygen atoms in total. The van der Waals surface area contributed by atoms with E-state index in [0.717, 1.165) is 33.9 Å². The molecule has 0 aliphatic rings. The monoisotopic (exact) mass is 394 g/mol. The number of carbonyl (C=O) groups excluding carboxylic acids is 2. The number of esters is 1. The van der Waals surface area contributed by atoms with Gasteiger partial charge in [-0.2, -0.15) is 0 Å². The number of carbonyl (C=O) groups is 2. The minimum absolute atomic E-state index is 0.0112. The quantitative estimate of drug-likeness (QED) is 0.294. The van der Waals surface area contributed by atoms with Crippen molar-refractivity contribution in [2.75, 3.05) is 5.75 Å². The number of nitrogens with one attached hydrogen (secondary N) is 1. The zero-order chi connectivity index (χ0) is 19.7. The van der Waals surface area contributed by atoms with Gasteiger partial charge in [0.2, 0.25) is 5.78 Å².